The first-order valence-corrected chi connectivity index (χ1v) is 28.3. The van der Waals surface area contributed by atoms with Crippen LogP contribution in [0.4, 0.5) is 11.4 Å². The van der Waals surface area contributed by atoms with Gasteiger partial charge in [0, 0.05) is 31.2 Å². The molecule has 81 heavy (non-hydrogen) atoms. The predicted molar refractivity (Wildman–Crippen MR) is 336 cm³/mol. The van der Waals surface area contributed by atoms with Crippen molar-refractivity contribution >= 4 is 86.8 Å². The maximum absolute atomic E-state index is 13.3. The molecule has 408 valence electrons. The summed E-state index contributed by atoms with van der Waals surface area (Å²) in [4.78, 5) is 37.3. The van der Waals surface area contributed by atoms with Crippen LogP contribution in [0.5, 0.6) is 5.75 Å². The number of carbonyl (C=O) groups is 3. The molecule has 0 aliphatic carbocycles. The first-order valence-electron chi connectivity index (χ1n) is 26.5. The maximum Gasteiger partial charge on any atom is 0.264 e. The van der Waals surface area contributed by atoms with E-state index in [-0.39, 0.29) is 28.8 Å². The molecule has 1 fully saturated rings. The minimum atomic E-state index is -3.69. The number of anilines is 2. The monoisotopic (exact) mass is 1110 g/mol. The topological polar surface area (TPSA) is 113 Å². The van der Waals surface area contributed by atoms with Gasteiger partial charge in [-0.2, -0.15) is 0 Å². The van der Waals surface area contributed by atoms with Gasteiger partial charge in [0.25, 0.3) is 10.0 Å². The van der Waals surface area contributed by atoms with Gasteiger partial charge >= 0.3 is 0 Å². The second-order valence-corrected chi connectivity index (χ2v) is 20.7. The number of ether oxygens (including phenoxy) is 1. The number of fused-ring (bicyclic) bond motifs is 1. The Hall–Kier alpha value is -9.19. The number of piperazine rings is 1. The molecule has 0 atom stereocenters. The SMILES string of the molecule is Cc1cc(N2CCNCC2)c2c(c1)N(S(=O)(=O)c1ccc(Cl)cc1)CCO2.O=C(C=Cc1ccccc1)C=Cc1ccccc1.O=C(C=Cc1ccccc1)C=Cc1ccccc1.O=C(C=Cc1ccccc1)C=Cc1ccccc1. The number of benzene rings is 8. The molecule has 0 radical (unpaired) electrons. The summed E-state index contributed by atoms with van der Waals surface area (Å²) in [6.45, 7) is 6.11. The molecule has 0 spiro atoms. The van der Waals surface area contributed by atoms with Gasteiger partial charge in [-0.05, 0) is 119 Å². The van der Waals surface area contributed by atoms with Gasteiger partial charge in [0.2, 0.25) is 0 Å². The number of nitrogens with zero attached hydrogens (tertiary/aromatic N) is 2. The van der Waals surface area contributed by atoms with Crippen molar-refractivity contribution in [1.29, 1.82) is 0 Å². The highest BCUT2D eigenvalue weighted by atomic mass is 35.5. The number of hydrogen-bond donors (Lipinski definition) is 1. The van der Waals surface area contributed by atoms with E-state index in [0.29, 0.717) is 23.1 Å². The zero-order chi connectivity index (χ0) is 56.9. The number of rotatable bonds is 15. The van der Waals surface area contributed by atoms with Crippen molar-refractivity contribution in [2.75, 3.05) is 48.5 Å². The zero-order valence-electron chi connectivity index (χ0n) is 45.1. The second-order valence-electron chi connectivity index (χ2n) is 18.4. The normalized spacial score (nSPS) is 13.2. The number of halogens is 1. The van der Waals surface area contributed by atoms with Crippen molar-refractivity contribution in [2.24, 2.45) is 0 Å². The molecule has 2 aliphatic rings. The minimum Gasteiger partial charge on any atom is -0.487 e. The molecular weight excluding hydrogens is 1050 g/mol. The van der Waals surface area contributed by atoms with E-state index < -0.39 is 10.0 Å². The lowest BCUT2D eigenvalue weighted by Gasteiger charge is -2.36. The molecule has 10 rings (SSSR count). The van der Waals surface area contributed by atoms with Gasteiger partial charge in [-0.25, -0.2) is 8.42 Å². The summed E-state index contributed by atoms with van der Waals surface area (Å²) in [6.07, 6.45) is 20.4. The molecule has 0 unspecified atom stereocenters. The Bertz CT molecular complexity index is 3140. The Labute approximate surface area is 481 Å². The van der Waals surface area contributed by atoms with E-state index in [1.54, 1.807) is 60.7 Å². The van der Waals surface area contributed by atoms with Crippen LogP contribution in [-0.2, 0) is 24.4 Å². The Kier molecular flexibility index (Phi) is 23.5. The average Bonchev–Trinajstić information content (AvgIpc) is 3.53. The molecule has 0 saturated carbocycles. The molecular formula is C70H64ClN3O6S. The van der Waals surface area contributed by atoms with E-state index in [4.69, 9.17) is 16.3 Å². The fourth-order valence-electron chi connectivity index (χ4n) is 8.17. The first-order chi connectivity index (χ1) is 39.5. The van der Waals surface area contributed by atoms with Crippen molar-refractivity contribution in [2.45, 2.75) is 11.8 Å². The fourth-order valence-corrected chi connectivity index (χ4v) is 9.74. The van der Waals surface area contributed by atoms with Crippen LogP contribution in [0, 0.1) is 6.92 Å². The Balaban J connectivity index is 0.000000159. The number of hydrogen-bond acceptors (Lipinski definition) is 8. The van der Waals surface area contributed by atoms with Crippen LogP contribution >= 0.6 is 11.6 Å². The first kappa shape index (κ1) is 59.5. The van der Waals surface area contributed by atoms with Gasteiger partial charge in [-0.3, -0.25) is 18.7 Å². The molecule has 2 aliphatic heterocycles. The van der Waals surface area contributed by atoms with Gasteiger partial charge in [0.05, 0.1) is 22.8 Å². The molecule has 11 heteroatoms. The van der Waals surface area contributed by atoms with Crippen LogP contribution in [0.3, 0.4) is 0 Å². The number of ketones is 3. The van der Waals surface area contributed by atoms with Crippen LogP contribution < -0.4 is 19.3 Å². The highest BCUT2D eigenvalue weighted by Crippen LogP contribution is 2.43. The van der Waals surface area contributed by atoms with Crippen molar-refractivity contribution in [3.8, 4) is 5.75 Å². The smallest absolute Gasteiger partial charge is 0.264 e. The van der Waals surface area contributed by atoms with Crippen LogP contribution in [-0.4, -0.2) is 65.1 Å². The number of allylic oxidation sites excluding steroid dienone is 6. The average molecular weight is 1110 g/mol. The molecule has 1 saturated heterocycles. The summed E-state index contributed by atoms with van der Waals surface area (Å²) in [5, 5.41) is 3.85. The van der Waals surface area contributed by atoms with Crippen molar-refractivity contribution in [3.05, 3.63) is 299 Å². The quantitative estimate of drug-likeness (QED) is 0.101. The molecule has 8 aromatic carbocycles. The van der Waals surface area contributed by atoms with Gasteiger partial charge in [-0.15, -0.1) is 0 Å². The van der Waals surface area contributed by atoms with E-state index in [0.717, 1.165) is 70.8 Å². The largest absolute Gasteiger partial charge is 0.487 e. The highest BCUT2D eigenvalue weighted by molar-refractivity contribution is 7.92. The van der Waals surface area contributed by atoms with Gasteiger partial charge in [0.15, 0.2) is 23.1 Å². The fraction of sp³-hybridized carbons (Fsp3) is 0.100. The molecule has 8 aromatic rings. The molecule has 1 N–H and O–H groups in total. The summed E-state index contributed by atoms with van der Waals surface area (Å²) in [6, 6.07) is 68.9. The van der Waals surface area contributed by atoms with E-state index >= 15 is 0 Å². The molecule has 9 nitrogen and oxygen atoms in total. The Morgan fingerprint density at radius 3 is 1.07 bits per heavy atom. The molecule has 2 heterocycles. The van der Waals surface area contributed by atoms with Crippen LogP contribution in [0.1, 0.15) is 38.9 Å². The Morgan fingerprint density at radius 2 is 0.753 bits per heavy atom. The summed E-state index contributed by atoms with van der Waals surface area (Å²) >= 11 is 5.92. The van der Waals surface area contributed by atoms with Crippen molar-refractivity contribution < 1.29 is 27.5 Å². The number of carbonyl (C=O) groups excluding carboxylic acids is 3. The Morgan fingerprint density at radius 1 is 0.444 bits per heavy atom. The van der Waals surface area contributed by atoms with E-state index in [1.807, 2.05) is 231 Å². The van der Waals surface area contributed by atoms with E-state index in [2.05, 4.69) is 16.3 Å². The predicted octanol–water partition coefficient (Wildman–Crippen LogP) is 14.6. The maximum atomic E-state index is 13.3. The van der Waals surface area contributed by atoms with Crippen LogP contribution in [0.15, 0.2) is 260 Å². The van der Waals surface area contributed by atoms with Crippen LogP contribution in [0.2, 0.25) is 5.02 Å². The van der Waals surface area contributed by atoms with Gasteiger partial charge < -0.3 is 15.0 Å². The third-order valence-corrected chi connectivity index (χ3v) is 14.4. The summed E-state index contributed by atoms with van der Waals surface area (Å²) in [5.74, 6) is 0.611. The number of sulfonamides is 1. The van der Waals surface area contributed by atoms with Crippen molar-refractivity contribution in [3.63, 3.8) is 0 Å². The number of aryl methyl sites for hydroxylation is 1. The minimum absolute atomic E-state index is 0.0114. The summed E-state index contributed by atoms with van der Waals surface area (Å²) < 4.78 is 33.9. The third kappa shape index (κ3) is 20.2. The molecule has 0 bridgehead atoms. The molecule has 0 aromatic heterocycles. The lowest BCUT2D eigenvalue weighted by molar-refractivity contribution is -0.111. The summed E-state index contributed by atoms with van der Waals surface area (Å²) in [7, 11) is -3.69. The second kappa shape index (κ2) is 32.0. The van der Waals surface area contributed by atoms with E-state index in [9.17, 15) is 22.8 Å². The van der Waals surface area contributed by atoms with Gasteiger partial charge in [0.1, 0.15) is 6.61 Å². The van der Waals surface area contributed by atoms with Crippen LogP contribution in [0.25, 0.3) is 36.5 Å². The lowest BCUT2D eigenvalue weighted by atomic mass is 10.1. The summed E-state index contributed by atoms with van der Waals surface area (Å²) in [5.41, 5.74) is 8.73. The third-order valence-electron chi connectivity index (χ3n) is 12.3. The standard InChI is InChI=1S/C19H22ClN3O3S.3C17H14O/c1-14-12-17(22-8-6-21-7-9-22)19-18(13-14)23(10-11-26-19)27(24,25)16-4-2-15(20)3-5-16;3*18-17(13-11-15-7-3-1-4-8-15)14-12-16-9-5-2-6-10-16/h2-5,12-13,21H,6-11H2,1H3;3*1-14H. The highest BCUT2D eigenvalue weighted by Gasteiger charge is 2.33. The lowest BCUT2D eigenvalue weighted by Crippen LogP contribution is -2.44. The zero-order valence-corrected chi connectivity index (χ0v) is 46.7. The van der Waals surface area contributed by atoms with E-state index in [1.165, 1.54) is 4.31 Å². The molecule has 0 amide bonds. The number of nitrogens with one attached hydrogen (secondary N) is 1. The van der Waals surface area contributed by atoms with Gasteiger partial charge in [-0.1, -0.05) is 230 Å². The van der Waals surface area contributed by atoms with Crippen molar-refractivity contribution in [1.82, 2.24) is 5.32 Å².